The molecule has 1 aromatic carbocycles. The number of aryl methyl sites for hydroxylation is 1. The van der Waals surface area contributed by atoms with Crippen LogP contribution in [0.4, 0.5) is 4.39 Å². The number of sulfonamides is 1. The van der Waals surface area contributed by atoms with Gasteiger partial charge in [0.05, 0.1) is 11.4 Å². The summed E-state index contributed by atoms with van der Waals surface area (Å²) in [6, 6.07) is 6.64. The lowest BCUT2D eigenvalue weighted by molar-refractivity contribution is 0.0993. The van der Waals surface area contributed by atoms with E-state index in [-0.39, 0.29) is 23.2 Å². The molecule has 1 aromatic heterocycles. The van der Waals surface area contributed by atoms with Gasteiger partial charge < -0.3 is 10.5 Å². The molecule has 0 spiro atoms. The van der Waals surface area contributed by atoms with Crippen molar-refractivity contribution >= 4 is 15.9 Å². The van der Waals surface area contributed by atoms with Gasteiger partial charge in [-0.15, -0.1) is 0 Å². The van der Waals surface area contributed by atoms with E-state index in [0.717, 1.165) is 6.07 Å². The average Bonchev–Trinajstić information content (AvgIpc) is 2.62. The molecule has 27 heavy (non-hydrogen) atoms. The second kappa shape index (κ2) is 7.61. The highest BCUT2D eigenvalue weighted by Crippen LogP contribution is 2.26. The number of ether oxygens (including phenoxy) is 1. The summed E-state index contributed by atoms with van der Waals surface area (Å²) in [6.45, 7) is 2.09. The number of hydrogen-bond donors (Lipinski definition) is 1. The molecule has 2 N–H and O–H groups in total. The maximum atomic E-state index is 13.3. The van der Waals surface area contributed by atoms with E-state index in [1.807, 2.05) is 0 Å². The number of amides is 1. The number of aromatic nitrogens is 1. The molecule has 0 bridgehead atoms. The molecule has 1 unspecified atom stereocenters. The predicted molar refractivity (Wildman–Crippen MR) is 96.3 cm³/mol. The summed E-state index contributed by atoms with van der Waals surface area (Å²) in [5, 5.41) is 0. The van der Waals surface area contributed by atoms with Crippen LogP contribution in [0.15, 0.2) is 41.4 Å². The van der Waals surface area contributed by atoms with E-state index in [0.29, 0.717) is 30.7 Å². The third kappa shape index (κ3) is 4.25. The zero-order valence-corrected chi connectivity index (χ0v) is 15.6. The Morgan fingerprint density at radius 1 is 1.33 bits per heavy atom. The first kappa shape index (κ1) is 19.2. The Bertz CT molecular complexity index is 965. The van der Waals surface area contributed by atoms with Crippen LogP contribution in [0.5, 0.6) is 5.75 Å². The van der Waals surface area contributed by atoms with Gasteiger partial charge in [-0.2, -0.15) is 4.31 Å². The monoisotopic (exact) mass is 393 g/mol. The lowest BCUT2D eigenvalue weighted by Crippen LogP contribution is -2.44. The summed E-state index contributed by atoms with van der Waals surface area (Å²) < 4.78 is 46.4. The molecular weight excluding hydrogens is 373 g/mol. The van der Waals surface area contributed by atoms with Crippen LogP contribution in [-0.4, -0.2) is 42.8 Å². The molecule has 1 saturated heterocycles. The zero-order valence-electron chi connectivity index (χ0n) is 14.8. The Labute approximate surface area is 157 Å². The Kier molecular flexibility index (Phi) is 5.43. The topological polar surface area (TPSA) is 103 Å². The van der Waals surface area contributed by atoms with Crippen molar-refractivity contribution in [1.29, 1.82) is 0 Å². The fraction of sp³-hybridized carbons (Fsp3) is 0.333. The number of rotatable bonds is 5. The summed E-state index contributed by atoms with van der Waals surface area (Å²) in [7, 11) is -3.76. The maximum absolute atomic E-state index is 13.3. The van der Waals surface area contributed by atoms with E-state index in [9.17, 15) is 17.6 Å². The van der Waals surface area contributed by atoms with Crippen LogP contribution in [0.25, 0.3) is 0 Å². The normalized spacial score (nSPS) is 18.2. The Hall–Kier alpha value is -2.52. The van der Waals surface area contributed by atoms with Gasteiger partial charge in [-0.3, -0.25) is 9.78 Å². The molecule has 1 fully saturated rings. The van der Waals surface area contributed by atoms with Crippen molar-refractivity contribution in [2.24, 2.45) is 5.73 Å². The standard InChI is InChI=1S/C18H20FN3O4S/c1-12-9-13(19)4-5-17(12)27(24,25)22-8-2-3-15(11-22)26-14-6-7-21-16(10-14)18(20)23/h4-7,9-10,15H,2-3,8,11H2,1H3,(H2,20,23). The fourth-order valence-corrected chi connectivity index (χ4v) is 4.79. The van der Waals surface area contributed by atoms with Crippen LogP contribution in [0.2, 0.25) is 0 Å². The molecule has 1 aliphatic rings. The number of carbonyl (C=O) groups is 1. The second-order valence-electron chi connectivity index (χ2n) is 6.40. The number of benzene rings is 1. The molecule has 1 atom stereocenters. The Morgan fingerprint density at radius 2 is 2.11 bits per heavy atom. The third-order valence-corrected chi connectivity index (χ3v) is 6.41. The molecule has 7 nitrogen and oxygen atoms in total. The molecule has 1 amide bonds. The molecule has 3 rings (SSSR count). The van der Waals surface area contributed by atoms with Gasteiger partial charge in [-0.25, -0.2) is 12.8 Å². The van der Waals surface area contributed by atoms with Crippen molar-refractivity contribution in [2.45, 2.75) is 30.8 Å². The fourth-order valence-electron chi connectivity index (χ4n) is 3.07. The molecule has 0 aliphatic carbocycles. The Morgan fingerprint density at radius 3 is 2.81 bits per heavy atom. The maximum Gasteiger partial charge on any atom is 0.267 e. The number of piperidine rings is 1. The van der Waals surface area contributed by atoms with Crippen LogP contribution in [0.1, 0.15) is 28.9 Å². The minimum atomic E-state index is -3.76. The van der Waals surface area contributed by atoms with Crippen molar-refractivity contribution in [3.8, 4) is 5.75 Å². The molecular formula is C18H20FN3O4S. The van der Waals surface area contributed by atoms with Gasteiger partial charge in [0.25, 0.3) is 5.91 Å². The Balaban J connectivity index is 1.77. The number of primary amides is 1. The minimum Gasteiger partial charge on any atom is -0.489 e. The number of pyridine rings is 1. The minimum absolute atomic E-state index is 0.0784. The number of carbonyl (C=O) groups excluding carboxylic acids is 1. The average molecular weight is 393 g/mol. The van der Waals surface area contributed by atoms with E-state index in [1.165, 1.54) is 28.7 Å². The van der Waals surface area contributed by atoms with Gasteiger partial charge in [0.2, 0.25) is 10.0 Å². The van der Waals surface area contributed by atoms with E-state index in [4.69, 9.17) is 10.5 Å². The molecule has 1 aliphatic heterocycles. The number of halogens is 1. The molecule has 144 valence electrons. The molecule has 0 radical (unpaired) electrons. The van der Waals surface area contributed by atoms with Crippen molar-refractivity contribution in [2.75, 3.05) is 13.1 Å². The van der Waals surface area contributed by atoms with Crippen molar-refractivity contribution in [3.63, 3.8) is 0 Å². The predicted octanol–water partition coefficient (Wildman–Crippen LogP) is 1.86. The van der Waals surface area contributed by atoms with Gasteiger partial charge >= 0.3 is 0 Å². The van der Waals surface area contributed by atoms with Crippen LogP contribution in [0.3, 0.4) is 0 Å². The summed E-state index contributed by atoms with van der Waals surface area (Å²) in [5.74, 6) is -0.740. The first-order chi connectivity index (χ1) is 12.8. The third-order valence-electron chi connectivity index (χ3n) is 4.38. The first-order valence-electron chi connectivity index (χ1n) is 8.46. The summed E-state index contributed by atoms with van der Waals surface area (Å²) in [5.41, 5.74) is 5.65. The number of nitrogens with zero attached hydrogens (tertiary/aromatic N) is 2. The van der Waals surface area contributed by atoms with E-state index in [1.54, 1.807) is 13.0 Å². The van der Waals surface area contributed by atoms with Crippen LogP contribution in [0, 0.1) is 12.7 Å². The smallest absolute Gasteiger partial charge is 0.267 e. The van der Waals surface area contributed by atoms with Crippen molar-refractivity contribution in [1.82, 2.24) is 9.29 Å². The number of hydrogen-bond acceptors (Lipinski definition) is 5. The largest absolute Gasteiger partial charge is 0.489 e. The number of nitrogens with two attached hydrogens (primary N) is 1. The van der Waals surface area contributed by atoms with Crippen LogP contribution < -0.4 is 10.5 Å². The van der Waals surface area contributed by atoms with Gasteiger partial charge in [-0.1, -0.05) is 0 Å². The van der Waals surface area contributed by atoms with E-state index >= 15 is 0 Å². The second-order valence-corrected chi connectivity index (χ2v) is 8.30. The summed E-state index contributed by atoms with van der Waals surface area (Å²) in [4.78, 5) is 15.2. The van der Waals surface area contributed by atoms with Gasteiger partial charge in [-0.05, 0) is 49.6 Å². The summed E-state index contributed by atoms with van der Waals surface area (Å²) >= 11 is 0. The van der Waals surface area contributed by atoms with Gasteiger partial charge in [0.15, 0.2) is 0 Å². The molecule has 2 aromatic rings. The lowest BCUT2D eigenvalue weighted by Gasteiger charge is -2.32. The van der Waals surface area contributed by atoms with E-state index in [2.05, 4.69) is 4.98 Å². The quantitative estimate of drug-likeness (QED) is 0.835. The SMILES string of the molecule is Cc1cc(F)ccc1S(=O)(=O)N1CCCC(Oc2ccnc(C(N)=O)c2)C1. The van der Waals surface area contributed by atoms with Crippen molar-refractivity contribution in [3.05, 3.63) is 53.6 Å². The zero-order chi connectivity index (χ0) is 19.6. The van der Waals surface area contributed by atoms with Gasteiger partial charge in [0, 0.05) is 18.8 Å². The first-order valence-corrected chi connectivity index (χ1v) is 9.90. The molecule has 9 heteroatoms. The van der Waals surface area contributed by atoms with E-state index < -0.39 is 21.7 Å². The van der Waals surface area contributed by atoms with Gasteiger partial charge in [0.1, 0.15) is 23.4 Å². The highest BCUT2D eigenvalue weighted by atomic mass is 32.2. The molecule has 2 heterocycles. The lowest BCUT2D eigenvalue weighted by atomic mass is 10.1. The van der Waals surface area contributed by atoms with Crippen molar-refractivity contribution < 1.29 is 22.3 Å². The highest BCUT2D eigenvalue weighted by Gasteiger charge is 2.32. The molecule has 0 saturated carbocycles. The highest BCUT2D eigenvalue weighted by molar-refractivity contribution is 7.89. The van der Waals surface area contributed by atoms with Crippen LogP contribution in [-0.2, 0) is 10.0 Å². The summed E-state index contributed by atoms with van der Waals surface area (Å²) in [6.07, 6.45) is 2.33. The van der Waals surface area contributed by atoms with Crippen LogP contribution >= 0.6 is 0 Å².